The molecule has 0 aromatic heterocycles. The van der Waals surface area contributed by atoms with Crippen molar-refractivity contribution in [3.8, 4) is 0 Å². The van der Waals surface area contributed by atoms with E-state index in [0.29, 0.717) is 11.5 Å². The van der Waals surface area contributed by atoms with Gasteiger partial charge in [0, 0.05) is 13.1 Å². The molecule has 3 nitrogen and oxygen atoms in total. The van der Waals surface area contributed by atoms with Gasteiger partial charge in [-0.25, -0.2) is 0 Å². The second kappa shape index (κ2) is 7.16. The maximum atomic E-state index is 12.9. The Morgan fingerprint density at radius 1 is 1.27 bits per heavy atom. The van der Waals surface area contributed by atoms with Crippen LogP contribution in [0.4, 0.5) is 0 Å². The lowest BCUT2D eigenvalue weighted by molar-refractivity contribution is -0.151. The lowest BCUT2D eigenvalue weighted by atomic mass is 9.71. The summed E-state index contributed by atoms with van der Waals surface area (Å²) in [6.45, 7) is 3.95. The van der Waals surface area contributed by atoms with E-state index in [2.05, 4.69) is 24.0 Å². The van der Waals surface area contributed by atoms with Crippen molar-refractivity contribution in [1.29, 1.82) is 0 Å². The zero-order valence-electron chi connectivity index (χ0n) is 14.1. The first-order valence-corrected chi connectivity index (χ1v) is 9.32. The smallest absolute Gasteiger partial charge is 0.251 e. The SMILES string of the molecule is CC[C@H](OC1CCCC1)C(=O)N1CCC[C@@]2(CC=CCC2)C1. The van der Waals surface area contributed by atoms with Crippen molar-refractivity contribution in [1.82, 2.24) is 4.90 Å². The summed E-state index contributed by atoms with van der Waals surface area (Å²) in [5, 5.41) is 0. The number of likely N-dealkylation sites (tertiary alicyclic amines) is 1. The highest BCUT2D eigenvalue weighted by atomic mass is 16.5. The summed E-state index contributed by atoms with van der Waals surface area (Å²) >= 11 is 0. The molecule has 3 rings (SSSR count). The number of carbonyl (C=O) groups is 1. The maximum Gasteiger partial charge on any atom is 0.251 e. The topological polar surface area (TPSA) is 29.5 Å². The highest BCUT2D eigenvalue weighted by molar-refractivity contribution is 5.81. The highest BCUT2D eigenvalue weighted by Gasteiger charge is 2.38. The third kappa shape index (κ3) is 3.56. The van der Waals surface area contributed by atoms with Gasteiger partial charge < -0.3 is 9.64 Å². The van der Waals surface area contributed by atoms with Gasteiger partial charge in [-0.15, -0.1) is 0 Å². The summed E-state index contributed by atoms with van der Waals surface area (Å²) in [6, 6.07) is 0. The first-order valence-electron chi connectivity index (χ1n) is 9.32. The molecule has 3 aliphatic rings. The molecule has 0 aromatic carbocycles. The van der Waals surface area contributed by atoms with E-state index in [0.717, 1.165) is 45.2 Å². The molecule has 124 valence electrons. The fraction of sp³-hybridized carbons (Fsp3) is 0.842. The molecule has 1 spiro atoms. The predicted molar refractivity (Wildman–Crippen MR) is 88.7 cm³/mol. The van der Waals surface area contributed by atoms with Crippen LogP contribution in [0.1, 0.15) is 71.1 Å². The molecule has 0 aromatic rings. The third-order valence-electron chi connectivity index (χ3n) is 5.84. The average molecular weight is 305 g/mol. The lowest BCUT2D eigenvalue weighted by Gasteiger charge is -2.44. The Bertz CT molecular complexity index is 414. The highest BCUT2D eigenvalue weighted by Crippen LogP contribution is 2.41. The van der Waals surface area contributed by atoms with Crippen LogP contribution in [0.3, 0.4) is 0 Å². The van der Waals surface area contributed by atoms with Crippen LogP contribution in [0.5, 0.6) is 0 Å². The lowest BCUT2D eigenvalue weighted by Crippen LogP contribution is -2.50. The van der Waals surface area contributed by atoms with Gasteiger partial charge >= 0.3 is 0 Å². The Kier molecular flexibility index (Phi) is 5.22. The minimum Gasteiger partial charge on any atom is -0.365 e. The molecule has 2 aliphatic carbocycles. The minimum atomic E-state index is -0.211. The molecule has 1 saturated heterocycles. The quantitative estimate of drug-likeness (QED) is 0.733. The minimum absolute atomic E-state index is 0.211. The largest absolute Gasteiger partial charge is 0.365 e. The van der Waals surface area contributed by atoms with Crippen LogP contribution in [0.25, 0.3) is 0 Å². The van der Waals surface area contributed by atoms with Crippen LogP contribution in [0.15, 0.2) is 12.2 Å². The summed E-state index contributed by atoms with van der Waals surface area (Å²) in [5.74, 6) is 0.253. The van der Waals surface area contributed by atoms with E-state index in [4.69, 9.17) is 4.74 Å². The van der Waals surface area contributed by atoms with Gasteiger partial charge in [0.2, 0.25) is 0 Å². The number of carbonyl (C=O) groups excluding carboxylic acids is 1. The third-order valence-corrected chi connectivity index (χ3v) is 5.84. The van der Waals surface area contributed by atoms with Crippen molar-refractivity contribution in [2.24, 2.45) is 5.41 Å². The Labute approximate surface area is 135 Å². The van der Waals surface area contributed by atoms with E-state index in [-0.39, 0.29) is 12.0 Å². The van der Waals surface area contributed by atoms with E-state index in [1.165, 1.54) is 32.1 Å². The molecular weight excluding hydrogens is 274 g/mol. The van der Waals surface area contributed by atoms with Crippen molar-refractivity contribution in [3.05, 3.63) is 12.2 Å². The van der Waals surface area contributed by atoms with Crippen LogP contribution in [-0.4, -0.2) is 36.1 Å². The van der Waals surface area contributed by atoms with E-state index < -0.39 is 0 Å². The molecule has 0 N–H and O–H groups in total. The Balaban J connectivity index is 1.60. The fourth-order valence-electron chi connectivity index (χ4n) is 4.50. The van der Waals surface area contributed by atoms with Crippen molar-refractivity contribution >= 4 is 5.91 Å². The molecule has 1 amide bonds. The van der Waals surface area contributed by atoms with Crippen LogP contribution >= 0.6 is 0 Å². The number of hydrogen-bond acceptors (Lipinski definition) is 2. The van der Waals surface area contributed by atoms with Crippen LogP contribution in [0.2, 0.25) is 0 Å². The van der Waals surface area contributed by atoms with Crippen molar-refractivity contribution in [2.45, 2.75) is 83.3 Å². The molecular formula is C19H31NO2. The molecule has 2 fully saturated rings. The fourth-order valence-corrected chi connectivity index (χ4v) is 4.50. The number of amides is 1. The van der Waals surface area contributed by atoms with Crippen LogP contribution in [-0.2, 0) is 9.53 Å². The second-order valence-corrected chi connectivity index (χ2v) is 7.52. The predicted octanol–water partition coefficient (Wildman–Crippen LogP) is 4.07. The van der Waals surface area contributed by atoms with Crippen LogP contribution < -0.4 is 0 Å². The molecule has 3 heteroatoms. The monoisotopic (exact) mass is 305 g/mol. The molecule has 1 aliphatic heterocycles. The Hall–Kier alpha value is -0.830. The number of hydrogen-bond donors (Lipinski definition) is 0. The molecule has 1 heterocycles. The number of ether oxygens (including phenoxy) is 1. The molecule has 0 radical (unpaired) electrons. The first-order chi connectivity index (χ1) is 10.7. The normalized spacial score (nSPS) is 30.9. The standard InChI is InChI=1S/C19H31NO2/c1-2-17(22-16-9-4-5-10-16)18(21)20-14-8-13-19(15-20)11-6-3-7-12-19/h3,6,16-17H,2,4-5,7-15H2,1H3/t17-,19-/m0/s1. The van der Waals surface area contributed by atoms with Crippen molar-refractivity contribution in [3.63, 3.8) is 0 Å². The van der Waals surface area contributed by atoms with Gasteiger partial charge in [-0.2, -0.15) is 0 Å². The second-order valence-electron chi connectivity index (χ2n) is 7.52. The summed E-state index contributed by atoms with van der Waals surface area (Å²) in [4.78, 5) is 15.0. The summed E-state index contributed by atoms with van der Waals surface area (Å²) < 4.78 is 6.15. The molecule has 22 heavy (non-hydrogen) atoms. The van der Waals surface area contributed by atoms with Crippen molar-refractivity contribution < 1.29 is 9.53 Å². The van der Waals surface area contributed by atoms with E-state index in [1.807, 2.05) is 0 Å². The number of allylic oxidation sites excluding steroid dienone is 2. The van der Waals surface area contributed by atoms with E-state index >= 15 is 0 Å². The summed E-state index contributed by atoms with van der Waals surface area (Å²) in [5.41, 5.74) is 0.355. The number of nitrogens with zero attached hydrogens (tertiary/aromatic N) is 1. The number of rotatable bonds is 4. The van der Waals surface area contributed by atoms with Gasteiger partial charge in [0.25, 0.3) is 5.91 Å². The average Bonchev–Trinajstić information content (AvgIpc) is 3.06. The van der Waals surface area contributed by atoms with Crippen LogP contribution in [0, 0.1) is 5.41 Å². The molecule has 0 bridgehead atoms. The molecule has 1 saturated carbocycles. The zero-order chi connectivity index (χ0) is 15.4. The van der Waals surface area contributed by atoms with Gasteiger partial charge in [0.15, 0.2) is 0 Å². The van der Waals surface area contributed by atoms with Gasteiger partial charge in [0.1, 0.15) is 6.10 Å². The molecule has 0 unspecified atom stereocenters. The van der Waals surface area contributed by atoms with Gasteiger partial charge in [-0.05, 0) is 56.8 Å². The van der Waals surface area contributed by atoms with Gasteiger partial charge in [0.05, 0.1) is 6.10 Å². The van der Waals surface area contributed by atoms with E-state index in [9.17, 15) is 4.79 Å². The Morgan fingerprint density at radius 3 is 2.77 bits per heavy atom. The number of piperidine rings is 1. The van der Waals surface area contributed by atoms with Crippen molar-refractivity contribution in [2.75, 3.05) is 13.1 Å². The summed E-state index contributed by atoms with van der Waals surface area (Å²) in [7, 11) is 0. The maximum absolute atomic E-state index is 12.9. The first kappa shape index (κ1) is 16.0. The molecule has 2 atom stereocenters. The van der Waals surface area contributed by atoms with Gasteiger partial charge in [-0.3, -0.25) is 4.79 Å². The van der Waals surface area contributed by atoms with Gasteiger partial charge in [-0.1, -0.05) is 31.9 Å². The Morgan fingerprint density at radius 2 is 2.09 bits per heavy atom. The van der Waals surface area contributed by atoms with E-state index in [1.54, 1.807) is 0 Å². The zero-order valence-corrected chi connectivity index (χ0v) is 14.1. The summed E-state index contributed by atoms with van der Waals surface area (Å²) in [6.07, 6.45) is 16.3.